The highest BCUT2D eigenvalue weighted by molar-refractivity contribution is 5.30. The lowest BCUT2D eigenvalue weighted by molar-refractivity contribution is 0.274. The molecule has 1 aliphatic carbocycles. The Morgan fingerprint density at radius 1 is 1.41 bits per heavy atom. The summed E-state index contributed by atoms with van der Waals surface area (Å²) in [5.74, 6) is 0.0127. The lowest BCUT2D eigenvalue weighted by Gasteiger charge is -2.12. The summed E-state index contributed by atoms with van der Waals surface area (Å²) in [4.78, 5) is 7.99. The molecule has 0 amide bonds. The Balaban J connectivity index is 1.70. The molecular weight excluding hydrogens is 223 g/mol. The third-order valence-corrected chi connectivity index (χ3v) is 2.91. The van der Waals surface area contributed by atoms with Crippen LogP contribution in [0.5, 0.6) is 5.88 Å². The standard InChI is InChI=1S/C11H15FN4O/c12-9-6-14-11(15-7-3-4-13-5-7)16-10(9)17-8-1-2-8/h6-8,13H,1-5H2,(H,14,15,16)/t7-/m1/s1. The summed E-state index contributed by atoms with van der Waals surface area (Å²) in [6, 6.07) is 0.314. The number of nitrogens with zero attached hydrogens (tertiary/aromatic N) is 2. The zero-order chi connectivity index (χ0) is 11.7. The predicted octanol–water partition coefficient (Wildman–Crippen LogP) is 0.931. The Bertz CT molecular complexity index is 404. The van der Waals surface area contributed by atoms with Crippen LogP contribution in [0.3, 0.4) is 0 Å². The van der Waals surface area contributed by atoms with Crippen LogP contribution < -0.4 is 15.4 Å². The summed E-state index contributed by atoms with van der Waals surface area (Å²) >= 11 is 0. The third kappa shape index (κ3) is 2.63. The second-order valence-corrected chi connectivity index (χ2v) is 4.50. The Morgan fingerprint density at radius 3 is 3.00 bits per heavy atom. The van der Waals surface area contributed by atoms with E-state index in [9.17, 15) is 4.39 Å². The summed E-state index contributed by atoms with van der Waals surface area (Å²) in [5.41, 5.74) is 0. The van der Waals surface area contributed by atoms with Crippen molar-refractivity contribution >= 4 is 5.95 Å². The lowest BCUT2D eigenvalue weighted by Crippen LogP contribution is -2.23. The monoisotopic (exact) mass is 238 g/mol. The molecule has 2 fully saturated rings. The van der Waals surface area contributed by atoms with Gasteiger partial charge in [-0.1, -0.05) is 0 Å². The van der Waals surface area contributed by atoms with Gasteiger partial charge in [0.2, 0.25) is 11.8 Å². The van der Waals surface area contributed by atoms with Gasteiger partial charge in [-0.25, -0.2) is 4.98 Å². The van der Waals surface area contributed by atoms with E-state index >= 15 is 0 Å². The van der Waals surface area contributed by atoms with Gasteiger partial charge < -0.3 is 15.4 Å². The van der Waals surface area contributed by atoms with Crippen molar-refractivity contribution in [2.45, 2.75) is 31.4 Å². The Morgan fingerprint density at radius 2 is 2.29 bits per heavy atom. The summed E-state index contributed by atoms with van der Waals surface area (Å²) in [6.07, 6.45) is 4.30. The van der Waals surface area contributed by atoms with Crippen LogP contribution in [-0.4, -0.2) is 35.2 Å². The van der Waals surface area contributed by atoms with Gasteiger partial charge in [0.05, 0.1) is 6.20 Å². The molecule has 0 unspecified atom stereocenters. The van der Waals surface area contributed by atoms with Crippen LogP contribution in [-0.2, 0) is 0 Å². The van der Waals surface area contributed by atoms with E-state index in [0.29, 0.717) is 12.0 Å². The van der Waals surface area contributed by atoms with E-state index in [1.165, 1.54) is 0 Å². The largest absolute Gasteiger partial charge is 0.472 e. The maximum absolute atomic E-state index is 13.4. The van der Waals surface area contributed by atoms with Crippen LogP contribution in [0.1, 0.15) is 19.3 Å². The first-order chi connectivity index (χ1) is 8.31. The van der Waals surface area contributed by atoms with Crippen molar-refractivity contribution in [3.63, 3.8) is 0 Å². The predicted molar refractivity (Wildman–Crippen MR) is 60.5 cm³/mol. The molecule has 1 aliphatic heterocycles. The number of hydrogen-bond donors (Lipinski definition) is 2. The second-order valence-electron chi connectivity index (χ2n) is 4.50. The van der Waals surface area contributed by atoms with Crippen LogP contribution in [0, 0.1) is 5.82 Å². The van der Waals surface area contributed by atoms with Gasteiger partial charge in [0, 0.05) is 12.6 Å². The van der Waals surface area contributed by atoms with Crippen molar-refractivity contribution < 1.29 is 9.13 Å². The van der Waals surface area contributed by atoms with E-state index in [1.807, 2.05) is 0 Å². The zero-order valence-electron chi connectivity index (χ0n) is 9.45. The fourth-order valence-corrected chi connectivity index (χ4v) is 1.81. The number of rotatable bonds is 4. The number of ether oxygens (including phenoxy) is 1. The number of hydrogen-bond acceptors (Lipinski definition) is 5. The third-order valence-electron chi connectivity index (χ3n) is 2.91. The van der Waals surface area contributed by atoms with E-state index in [0.717, 1.165) is 38.5 Å². The average molecular weight is 238 g/mol. The summed E-state index contributed by atoms with van der Waals surface area (Å²) in [6.45, 7) is 1.88. The van der Waals surface area contributed by atoms with Crippen molar-refractivity contribution in [3.05, 3.63) is 12.0 Å². The highest BCUT2D eigenvalue weighted by Crippen LogP contribution is 2.27. The molecule has 2 heterocycles. The van der Waals surface area contributed by atoms with E-state index in [4.69, 9.17) is 4.74 Å². The molecule has 2 N–H and O–H groups in total. The first-order valence-electron chi connectivity index (χ1n) is 5.98. The second kappa shape index (κ2) is 4.44. The van der Waals surface area contributed by atoms with Gasteiger partial charge in [-0.3, -0.25) is 0 Å². The van der Waals surface area contributed by atoms with E-state index in [2.05, 4.69) is 20.6 Å². The van der Waals surface area contributed by atoms with Crippen LogP contribution in [0.4, 0.5) is 10.3 Å². The normalized spacial score (nSPS) is 23.7. The molecule has 1 atom stereocenters. The molecule has 1 aromatic rings. The lowest BCUT2D eigenvalue weighted by atomic mass is 10.3. The highest BCUT2D eigenvalue weighted by atomic mass is 19.1. The molecule has 0 radical (unpaired) electrons. The van der Waals surface area contributed by atoms with Crippen LogP contribution >= 0.6 is 0 Å². The van der Waals surface area contributed by atoms with E-state index in [-0.39, 0.29) is 12.0 Å². The topological polar surface area (TPSA) is 59.1 Å². The number of anilines is 1. The van der Waals surface area contributed by atoms with Gasteiger partial charge in [0.15, 0.2) is 0 Å². The SMILES string of the molecule is Fc1cnc(N[C@@H]2CCNC2)nc1OC1CC1. The first kappa shape index (κ1) is 10.7. The molecule has 6 heteroatoms. The first-order valence-corrected chi connectivity index (χ1v) is 5.98. The molecular formula is C11H15FN4O. The molecule has 1 saturated carbocycles. The average Bonchev–Trinajstić information content (AvgIpc) is 2.98. The Kier molecular flexibility index (Phi) is 2.80. The Labute approximate surface area is 98.8 Å². The number of halogens is 1. The fraction of sp³-hybridized carbons (Fsp3) is 0.636. The zero-order valence-corrected chi connectivity index (χ0v) is 9.45. The molecule has 1 saturated heterocycles. The van der Waals surface area contributed by atoms with Crippen molar-refractivity contribution in [1.82, 2.24) is 15.3 Å². The fourth-order valence-electron chi connectivity index (χ4n) is 1.81. The van der Waals surface area contributed by atoms with Gasteiger partial charge >= 0.3 is 0 Å². The summed E-state index contributed by atoms with van der Waals surface area (Å²) in [5, 5.41) is 6.41. The van der Waals surface area contributed by atoms with Crippen molar-refractivity contribution in [2.24, 2.45) is 0 Å². The van der Waals surface area contributed by atoms with Gasteiger partial charge in [-0.15, -0.1) is 0 Å². The molecule has 5 nitrogen and oxygen atoms in total. The van der Waals surface area contributed by atoms with Gasteiger partial charge in [0.1, 0.15) is 6.10 Å². The van der Waals surface area contributed by atoms with Crippen molar-refractivity contribution in [2.75, 3.05) is 18.4 Å². The van der Waals surface area contributed by atoms with Crippen LogP contribution in [0.2, 0.25) is 0 Å². The molecule has 1 aromatic heterocycles. The van der Waals surface area contributed by atoms with Crippen molar-refractivity contribution in [3.8, 4) is 5.88 Å². The summed E-state index contributed by atoms with van der Waals surface area (Å²) in [7, 11) is 0. The maximum Gasteiger partial charge on any atom is 0.255 e. The van der Waals surface area contributed by atoms with E-state index < -0.39 is 5.82 Å². The van der Waals surface area contributed by atoms with Crippen LogP contribution in [0.25, 0.3) is 0 Å². The summed E-state index contributed by atoms with van der Waals surface area (Å²) < 4.78 is 18.8. The highest BCUT2D eigenvalue weighted by Gasteiger charge is 2.26. The molecule has 0 aromatic carbocycles. The quantitative estimate of drug-likeness (QED) is 0.817. The minimum absolute atomic E-state index is 0.0657. The molecule has 17 heavy (non-hydrogen) atoms. The number of nitrogens with one attached hydrogen (secondary N) is 2. The van der Waals surface area contributed by atoms with E-state index in [1.54, 1.807) is 0 Å². The van der Waals surface area contributed by atoms with Crippen molar-refractivity contribution in [1.29, 1.82) is 0 Å². The molecule has 92 valence electrons. The Hall–Kier alpha value is -1.43. The van der Waals surface area contributed by atoms with Crippen LogP contribution in [0.15, 0.2) is 6.20 Å². The smallest absolute Gasteiger partial charge is 0.255 e. The number of aromatic nitrogens is 2. The molecule has 0 spiro atoms. The van der Waals surface area contributed by atoms with Gasteiger partial charge in [-0.05, 0) is 25.8 Å². The minimum atomic E-state index is -0.494. The van der Waals surface area contributed by atoms with Gasteiger partial charge in [0.25, 0.3) is 5.88 Å². The van der Waals surface area contributed by atoms with Gasteiger partial charge in [-0.2, -0.15) is 9.37 Å². The maximum atomic E-state index is 13.4. The minimum Gasteiger partial charge on any atom is -0.472 e. The molecule has 0 bridgehead atoms. The molecule has 3 rings (SSSR count). The molecule has 2 aliphatic rings.